The lowest BCUT2D eigenvalue weighted by molar-refractivity contribution is -0.137. The van der Waals surface area contributed by atoms with Crippen molar-refractivity contribution < 1.29 is 17.9 Å². The Morgan fingerprint density at radius 1 is 1.41 bits per heavy atom. The van der Waals surface area contributed by atoms with Crippen molar-refractivity contribution in [1.82, 2.24) is 10.7 Å². The van der Waals surface area contributed by atoms with Crippen molar-refractivity contribution in [1.29, 1.82) is 0 Å². The van der Waals surface area contributed by atoms with Gasteiger partial charge in [-0.25, -0.2) is 0 Å². The van der Waals surface area contributed by atoms with Crippen molar-refractivity contribution >= 4 is 18.5 Å². The molecule has 8 heteroatoms. The lowest BCUT2D eigenvalue weighted by Gasteiger charge is -2.24. The molecule has 0 amide bonds. The zero-order chi connectivity index (χ0) is 17.0. The molecule has 0 aromatic rings. The maximum absolute atomic E-state index is 12.1. The van der Waals surface area contributed by atoms with Crippen LogP contribution in [0, 0.1) is 5.41 Å². The van der Waals surface area contributed by atoms with Crippen LogP contribution < -0.4 is 10.7 Å². The maximum Gasteiger partial charge on any atom is 0.389 e. The van der Waals surface area contributed by atoms with Gasteiger partial charge in [-0.3, -0.25) is 0 Å². The predicted molar refractivity (Wildman–Crippen MR) is 84.4 cm³/mol. The van der Waals surface area contributed by atoms with E-state index in [9.17, 15) is 13.2 Å². The third kappa shape index (κ3) is 5.15. The number of ether oxygens (including phenoxy) is 1. The summed E-state index contributed by atoms with van der Waals surface area (Å²) in [5.41, 5.74) is 3.10. The summed E-state index contributed by atoms with van der Waals surface area (Å²) in [6.07, 6.45) is -3.33. The molecule has 0 atom stereocenters. The molecule has 4 nitrogen and oxygen atoms in total. The molecule has 0 fully saturated rings. The Kier molecular flexibility index (Phi) is 6.22. The molecular formula is C14H22F3N3OS. The number of amidine groups is 1. The zero-order valence-electron chi connectivity index (χ0n) is 13.1. The van der Waals surface area contributed by atoms with E-state index in [4.69, 9.17) is 4.74 Å². The highest BCUT2D eigenvalue weighted by atomic mass is 32.1. The highest BCUT2D eigenvalue weighted by molar-refractivity contribution is 7.84. The van der Waals surface area contributed by atoms with E-state index >= 15 is 0 Å². The lowest BCUT2D eigenvalue weighted by atomic mass is 9.92. The van der Waals surface area contributed by atoms with Gasteiger partial charge in [0.05, 0.1) is 6.61 Å². The molecule has 0 aliphatic heterocycles. The molecule has 22 heavy (non-hydrogen) atoms. The number of nitrogens with zero attached hydrogens (tertiary/aromatic N) is 1. The maximum atomic E-state index is 12.1. The Balaban J connectivity index is 2.67. The Morgan fingerprint density at radius 2 is 2.05 bits per heavy atom. The normalized spacial score (nSPS) is 18.4. The molecule has 0 heterocycles. The van der Waals surface area contributed by atoms with Crippen LogP contribution in [0.4, 0.5) is 13.2 Å². The Bertz CT molecular complexity index is 496. The summed E-state index contributed by atoms with van der Waals surface area (Å²) in [5, 5.41) is 7.15. The summed E-state index contributed by atoms with van der Waals surface area (Å²) in [5.74, 6) is 1.16. The molecule has 0 radical (unpaired) electrons. The fourth-order valence-corrected chi connectivity index (χ4v) is 2.21. The third-order valence-corrected chi connectivity index (χ3v) is 4.01. The summed E-state index contributed by atoms with van der Waals surface area (Å²) in [7, 11) is 1.69. The summed E-state index contributed by atoms with van der Waals surface area (Å²) in [6.45, 7) is 5.70. The molecule has 126 valence electrons. The minimum absolute atomic E-state index is 0.00233. The number of allylic oxidation sites excluding steroid dienone is 2. The van der Waals surface area contributed by atoms with Gasteiger partial charge in [0.15, 0.2) is 0 Å². The number of thiol groups is 1. The standard InChI is InChI=1S/C14H22F3N3OS/c1-9(20-18-4)19-11-8-10(12(22)13(11,2)3)21-7-5-6-14(15,16)17/h8,18,22H,5-7H2,1-4H3,(H,19,20). The first kappa shape index (κ1) is 18.7. The van der Waals surface area contributed by atoms with Gasteiger partial charge in [0.25, 0.3) is 0 Å². The zero-order valence-corrected chi connectivity index (χ0v) is 14.0. The van der Waals surface area contributed by atoms with E-state index in [0.29, 0.717) is 16.5 Å². The van der Waals surface area contributed by atoms with E-state index in [1.165, 1.54) is 0 Å². The van der Waals surface area contributed by atoms with Crippen LogP contribution in [-0.4, -0.2) is 25.7 Å². The van der Waals surface area contributed by atoms with E-state index in [1.807, 2.05) is 13.8 Å². The van der Waals surface area contributed by atoms with E-state index < -0.39 is 18.0 Å². The van der Waals surface area contributed by atoms with Crippen molar-refractivity contribution in [2.75, 3.05) is 13.7 Å². The quantitative estimate of drug-likeness (QED) is 0.228. The number of hydrogen-bond acceptors (Lipinski definition) is 4. The fraction of sp³-hybridized carbons (Fsp3) is 0.643. The van der Waals surface area contributed by atoms with Crippen molar-refractivity contribution in [2.45, 2.75) is 39.8 Å². The smallest absolute Gasteiger partial charge is 0.389 e. The van der Waals surface area contributed by atoms with Gasteiger partial charge in [-0.1, -0.05) is 0 Å². The number of hydrazone groups is 1. The number of halogens is 3. The molecular weight excluding hydrogens is 315 g/mol. The SMILES string of the molecule is CN/N=C(/C)NC1=CC(OCCCC(F)(F)F)=C(S)C1(C)C. The second-order valence-corrected chi connectivity index (χ2v) is 5.96. The Labute approximate surface area is 134 Å². The minimum atomic E-state index is -4.15. The van der Waals surface area contributed by atoms with Gasteiger partial charge in [0.1, 0.15) is 11.6 Å². The van der Waals surface area contributed by atoms with Gasteiger partial charge in [0, 0.05) is 35.6 Å². The number of alkyl halides is 3. The lowest BCUT2D eigenvalue weighted by Crippen LogP contribution is -2.29. The van der Waals surface area contributed by atoms with Crippen LogP contribution in [0.3, 0.4) is 0 Å². The average Bonchev–Trinajstić information content (AvgIpc) is 2.58. The van der Waals surface area contributed by atoms with Gasteiger partial charge in [-0.2, -0.15) is 18.3 Å². The topological polar surface area (TPSA) is 45.7 Å². The van der Waals surface area contributed by atoms with Crippen molar-refractivity contribution in [2.24, 2.45) is 10.5 Å². The van der Waals surface area contributed by atoms with Crippen molar-refractivity contribution in [3.63, 3.8) is 0 Å². The number of rotatable bonds is 6. The Morgan fingerprint density at radius 3 is 2.59 bits per heavy atom. The van der Waals surface area contributed by atoms with Crippen molar-refractivity contribution in [3.05, 3.63) is 22.4 Å². The Hall–Kier alpha value is -1.31. The van der Waals surface area contributed by atoms with Crippen LogP contribution in [0.2, 0.25) is 0 Å². The molecule has 0 saturated carbocycles. The van der Waals surface area contributed by atoms with Crippen molar-refractivity contribution in [3.8, 4) is 0 Å². The molecule has 0 aromatic carbocycles. The fourth-order valence-electron chi connectivity index (χ4n) is 1.96. The van der Waals surface area contributed by atoms with E-state index in [0.717, 1.165) is 5.70 Å². The van der Waals surface area contributed by atoms with Gasteiger partial charge >= 0.3 is 6.18 Å². The highest BCUT2D eigenvalue weighted by Gasteiger charge is 2.35. The van der Waals surface area contributed by atoms with Crippen LogP contribution in [0.5, 0.6) is 0 Å². The summed E-state index contributed by atoms with van der Waals surface area (Å²) in [4.78, 5) is 0.680. The van der Waals surface area contributed by atoms with Crippen LogP contribution in [0.1, 0.15) is 33.6 Å². The first-order valence-electron chi connectivity index (χ1n) is 6.91. The van der Waals surface area contributed by atoms with Gasteiger partial charge < -0.3 is 15.5 Å². The minimum Gasteiger partial charge on any atom is -0.493 e. The molecule has 0 saturated heterocycles. The first-order valence-corrected chi connectivity index (χ1v) is 7.36. The third-order valence-electron chi connectivity index (χ3n) is 3.23. The molecule has 2 N–H and O–H groups in total. The molecule has 1 aliphatic rings. The van der Waals surface area contributed by atoms with Gasteiger partial charge in [0.2, 0.25) is 0 Å². The van der Waals surface area contributed by atoms with Gasteiger partial charge in [-0.05, 0) is 27.2 Å². The largest absolute Gasteiger partial charge is 0.493 e. The number of hydrogen-bond donors (Lipinski definition) is 3. The van der Waals surface area contributed by atoms with E-state index in [-0.39, 0.29) is 13.0 Å². The molecule has 1 rings (SSSR count). The second-order valence-electron chi connectivity index (χ2n) is 5.51. The molecule has 0 aromatic heterocycles. The number of nitrogens with one attached hydrogen (secondary N) is 2. The summed E-state index contributed by atoms with van der Waals surface area (Å²) >= 11 is 4.45. The molecule has 0 bridgehead atoms. The molecule has 0 unspecified atom stereocenters. The average molecular weight is 337 g/mol. The molecule has 1 aliphatic carbocycles. The van der Waals surface area contributed by atoms with E-state index in [1.54, 1.807) is 20.0 Å². The van der Waals surface area contributed by atoms with Crippen LogP contribution in [-0.2, 0) is 4.74 Å². The summed E-state index contributed by atoms with van der Waals surface area (Å²) in [6, 6.07) is 0. The monoisotopic (exact) mass is 337 g/mol. The van der Waals surface area contributed by atoms with Crippen LogP contribution in [0.25, 0.3) is 0 Å². The first-order chi connectivity index (χ1) is 10.1. The summed E-state index contributed by atoms with van der Waals surface area (Å²) < 4.78 is 41.8. The van der Waals surface area contributed by atoms with Gasteiger partial charge in [-0.15, -0.1) is 12.6 Å². The highest BCUT2D eigenvalue weighted by Crippen LogP contribution is 2.43. The van der Waals surface area contributed by atoms with E-state index in [2.05, 4.69) is 28.5 Å². The molecule has 0 spiro atoms. The second kappa shape index (κ2) is 7.30. The predicted octanol–water partition coefficient (Wildman–Crippen LogP) is 3.55. The van der Waals surface area contributed by atoms with Crippen LogP contribution >= 0.6 is 12.6 Å². The van der Waals surface area contributed by atoms with Crippen LogP contribution in [0.15, 0.2) is 27.5 Å².